The Kier molecular flexibility index (Phi) is 3.82. The lowest BCUT2D eigenvalue weighted by Gasteiger charge is -2.19. The smallest absolute Gasteiger partial charge is 0.241 e. The van der Waals surface area contributed by atoms with Crippen LogP contribution in [-0.2, 0) is 4.43 Å². The summed E-state index contributed by atoms with van der Waals surface area (Å²) in [4.78, 5) is 0. The van der Waals surface area contributed by atoms with Crippen molar-refractivity contribution in [2.45, 2.75) is 52.8 Å². The molecular formula is C12H24OSi. The van der Waals surface area contributed by atoms with Gasteiger partial charge in [-0.3, -0.25) is 0 Å². The third-order valence-corrected chi connectivity index (χ3v) is 3.81. The van der Waals surface area contributed by atoms with Crippen molar-refractivity contribution >= 4 is 8.32 Å². The number of allylic oxidation sites excluding steroid dienone is 2. The molecule has 2 unspecified atom stereocenters. The minimum atomic E-state index is -1.37. The first kappa shape index (κ1) is 11.8. The zero-order valence-corrected chi connectivity index (χ0v) is 11.3. The molecule has 2 atom stereocenters. The Morgan fingerprint density at radius 2 is 2.14 bits per heavy atom. The fourth-order valence-electron chi connectivity index (χ4n) is 1.94. The summed E-state index contributed by atoms with van der Waals surface area (Å²) in [6.07, 6.45) is 6.13. The maximum absolute atomic E-state index is 6.02. The summed E-state index contributed by atoms with van der Waals surface area (Å²) >= 11 is 0. The standard InChI is InChI=1S/C12H24OSi/c1-6-10(2)11-7-8-12(9-11)13-14(3,4)5/h9-11H,6-8H2,1-5H3. The highest BCUT2D eigenvalue weighted by atomic mass is 28.4. The molecule has 0 amide bonds. The highest BCUT2D eigenvalue weighted by Crippen LogP contribution is 2.33. The van der Waals surface area contributed by atoms with Crippen molar-refractivity contribution in [3.63, 3.8) is 0 Å². The molecule has 0 saturated carbocycles. The average molecular weight is 212 g/mol. The summed E-state index contributed by atoms with van der Waals surface area (Å²) in [7, 11) is -1.37. The predicted molar refractivity (Wildman–Crippen MR) is 64.7 cm³/mol. The molecule has 0 heterocycles. The highest BCUT2D eigenvalue weighted by Gasteiger charge is 2.25. The second-order valence-corrected chi connectivity index (χ2v) is 9.86. The molecule has 0 fully saturated rings. The number of hydrogen-bond acceptors (Lipinski definition) is 1. The Morgan fingerprint density at radius 1 is 1.50 bits per heavy atom. The average Bonchev–Trinajstić information content (AvgIpc) is 2.48. The van der Waals surface area contributed by atoms with E-state index in [-0.39, 0.29) is 0 Å². The van der Waals surface area contributed by atoms with E-state index in [4.69, 9.17) is 4.43 Å². The van der Waals surface area contributed by atoms with Crippen LogP contribution in [0.4, 0.5) is 0 Å². The molecule has 1 nitrogen and oxygen atoms in total. The van der Waals surface area contributed by atoms with Crippen LogP contribution in [0, 0.1) is 11.8 Å². The zero-order valence-electron chi connectivity index (χ0n) is 10.3. The molecule has 0 aromatic rings. The lowest BCUT2D eigenvalue weighted by molar-refractivity contribution is 0.397. The molecule has 0 aromatic heterocycles. The fourth-order valence-corrected chi connectivity index (χ4v) is 2.90. The maximum Gasteiger partial charge on any atom is 0.241 e. The Morgan fingerprint density at radius 3 is 2.64 bits per heavy atom. The second-order valence-electron chi connectivity index (χ2n) is 5.44. The van der Waals surface area contributed by atoms with Crippen LogP contribution in [0.15, 0.2) is 11.8 Å². The van der Waals surface area contributed by atoms with Crippen LogP contribution in [-0.4, -0.2) is 8.32 Å². The van der Waals surface area contributed by atoms with E-state index in [0.717, 1.165) is 11.8 Å². The summed E-state index contributed by atoms with van der Waals surface area (Å²) in [6, 6.07) is 0. The van der Waals surface area contributed by atoms with Crippen LogP contribution in [0.1, 0.15) is 33.1 Å². The van der Waals surface area contributed by atoms with Crippen molar-refractivity contribution in [1.82, 2.24) is 0 Å². The van der Waals surface area contributed by atoms with Gasteiger partial charge in [-0.2, -0.15) is 0 Å². The van der Waals surface area contributed by atoms with E-state index in [2.05, 4.69) is 39.6 Å². The van der Waals surface area contributed by atoms with Gasteiger partial charge in [0.05, 0.1) is 5.76 Å². The maximum atomic E-state index is 6.02. The van der Waals surface area contributed by atoms with E-state index in [1.807, 2.05) is 0 Å². The van der Waals surface area contributed by atoms with Gasteiger partial charge < -0.3 is 4.43 Å². The molecule has 82 valence electrons. The molecule has 0 radical (unpaired) electrons. The largest absolute Gasteiger partial charge is 0.548 e. The van der Waals surface area contributed by atoms with Crippen molar-refractivity contribution in [3.05, 3.63) is 11.8 Å². The fraction of sp³-hybridized carbons (Fsp3) is 0.833. The predicted octanol–water partition coefficient (Wildman–Crippen LogP) is 4.18. The van der Waals surface area contributed by atoms with Crippen molar-refractivity contribution < 1.29 is 4.43 Å². The van der Waals surface area contributed by atoms with Gasteiger partial charge in [0, 0.05) is 6.42 Å². The molecule has 2 heteroatoms. The molecule has 0 N–H and O–H groups in total. The summed E-state index contributed by atoms with van der Waals surface area (Å²) in [5, 5.41) is 0. The highest BCUT2D eigenvalue weighted by molar-refractivity contribution is 6.70. The molecule has 1 rings (SSSR count). The lowest BCUT2D eigenvalue weighted by atomic mass is 9.92. The minimum Gasteiger partial charge on any atom is -0.548 e. The topological polar surface area (TPSA) is 9.23 Å². The lowest BCUT2D eigenvalue weighted by Crippen LogP contribution is -2.24. The van der Waals surface area contributed by atoms with Crippen LogP contribution < -0.4 is 0 Å². The first-order valence-corrected chi connectivity index (χ1v) is 9.23. The van der Waals surface area contributed by atoms with Crippen LogP contribution >= 0.6 is 0 Å². The van der Waals surface area contributed by atoms with Gasteiger partial charge in [-0.1, -0.05) is 20.3 Å². The molecule has 0 aliphatic heterocycles. The van der Waals surface area contributed by atoms with Gasteiger partial charge >= 0.3 is 0 Å². The Balaban J connectivity index is 2.50. The summed E-state index contributed by atoms with van der Waals surface area (Å²) in [5.74, 6) is 2.86. The van der Waals surface area contributed by atoms with Gasteiger partial charge in [-0.05, 0) is 44.0 Å². The Bertz CT molecular complexity index is 215. The monoisotopic (exact) mass is 212 g/mol. The van der Waals surface area contributed by atoms with E-state index in [0.29, 0.717) is 0 Å². The molecule has 0 aromatic carbocycles. The van der Waals surface area contributed by atoms with Gasteiger partial charge in [0.15, 0.2) is 0 Å². The third kappa shape index (κ3) is 3.49. The molecular weight excluding hydrogens is 188 g/mol. The molecule has 1 aliphatic rings. The van der Waals surface area contributed by atoms with Crippen molar-refractivity contribution in [2.75, 3.05) is 0 Å². The van der Waals surface area contributed by atoms with Gasteiger partial charge in [0.1, 0.15) is 0 Å². The second kappa shape index (κ2) is 4.52. The van der Waals surface area contributed by atoms with Crippen molar-refractivity contribution in [2.24, 2.45) is 11.8 Å². The van der Waals surface area contributed by atoms with Crippen LogP contribution in [0.2, 0.25) is 19.6 Å². The van der Waals surface area contributed by atoms with Crippen molar-refractivity contribution in [1.29, 1.82) is 0 Å². The van der Waals surface area contributed by atoms with E-state index < -0.39 is 8.32 Å². The molecule has 14 heavy (non-hydrogen) atoms. The first-order valence-electron chi connectivity index (χ1n) is 5.82. The molecule has 0 bridgehead atoms. The Hall–Kier alpha value is -0.243. The summed E-state index contributed by atoms with van der Waals surface area (Å²) < 4.78 is 6.02. The molecule has 0 saturated heterocycles. The van der Waals surface area contributed by atoms with E-state index >= 15 is 0 Å². The normalized spacial score (nSPS) is 24.6. The SMILES string of the molecule is CCC(C)C1C=C(O[Si](C)(C)C)CC1. The first-order chi connectivity index (χ1) is 6.42. The summed E-state index contributed by atoms with van der Waals surface area (Å²) in [6.45, 7) is 11.4. The van der Waals surface area contributed by atoms with Gasteiger partial charge in [0.25, 0.3) is 0 Å². The van der Waals surface area contributed by atoms with E-state index in [1.165, 1.54) is 25.0 Å². The Labute approximate surface area is 89.7 Å². The van der Waals surface area contributed by atoms with Crippen LogP contribution in [0.3, 0.4) is 0 Å². The van der Waals surface area contributed by atoms with Gasteiger partial charge in [-0.15, -0.1) is 0 Å². The molecule has 0 spiro atoms. The van der Waals surface area contributed by atoms with Crippen LogP contribution in [0.25, 0.3) is 0 Å². The zero-order chi connectivity index (χ0) is 10.8. The van der Waals surface area contributed by atoms with Gasteiger partial charge in [0.2, 0.25) is 8.32 Å². The van der Waals surface area contributed by atoms with E-state index in [1.54, 1.807) is 0 Å². The van der Waals surface area contributed by atoms with Gasteiger partial charge in [-0.25, -0.2) is 0 Å². The number of rotatable bonds is 4. The minimum absolute atomic E-state index is 0.770. The van der Waals surface area contributed by atoms with Crippen molar-refractivity contribution in [3.8, 4) is 0 Å². The third-order valence-electron chi connectivity index (χ3n) is 2.94. The van der Waals surface area contributed by atoms with Crippen LogP contribution in [0.5, 0.6) is 0 Å². The quantitative estimate of drug-likeness (QED) is 0.635. The number of hydrogen-bond donors (Lipinski definition) is 0. The summed E-state index contributed by atoms with van der Waals surface area (Å²) in [5.41, 5.74) is 0. The van der Waals surface area contributed by atoms with E-state index in [9.17, 15) is 0 Å². The molecule has 1 aliphatic carbocycles.